The predicted octanol–water partition coefficient (Wildman–Crippen LogP) is 8.09. The van der Waals surface area contributed by atoms with Gasteiger partial charge < -0.3 is 25.0 Å². The second-order valence-corrected chi connectivity index (χ2v) is 12.4. The summed E-state index contributed by atoms with van der Waals surface area (Å²) in [5.41, 5.74) is 3.71. The number of rotatable bonds is 19. The normalized spacial score (nSPS) is 11.3. The van der Waals surface area contributed by atoms with E-state index in [-0.39, 0.29) is 11.4 Å². The molecule has 49 heavy (non-hydrogen) atoms. The van der Waals surface area contributed by atoms with Gasteiger partial charge in [0, 0.05) is 52.8 Å². The van der Waals surface area contributed by atoms with Gasteiger partial charge in [-0.25, -0.2) is 9.67 Å². The van der Waals surface area contributed by atoms with E-state index in [1.165, 1.54) is 11.3 Å². The van der Waals surface area contributed by atoms with Crippen LogP contribution in [0.2, 0.25) is 0 Å². The van der Waals surface area contributed by atoms with E-state index in [9.17, 15) is 5.26 Å². The number of fused-ring (bicyclic) bond motifs is 1. The highest BCUT2D eigenvalue weighted by Gasteiger charge is 2.22. The van der Waals surface area contributed by atoms with Crippen molar-refractivity contribution in [3.8, 4) is 11.2 Å². The third-order valence-corrected chi connectivity index (χ3v) is 8.64. The van der Waals surface area contributed by atoms with Crippen LogP contribution in [-0.2, 0) is 9.47 Å². The predicted molar refractivity (Wildman–Crippen MR) is 195 cm³/mol. The number of unbranched alkanes of at least 4 members (excludes halogenated alkanes) is 2. The van der Waals surface area contributed by atoms with E-state index in [1.54, 1.807) is 25.1 Å². The van der Waals surface area contributed by atoms with Gasteiger partial charge in [-0.3, -0.25) is 0 Å². The maximum absolute atomic E-state index is 10.0. The first-order chi connectivity index (χ1) is 24.0. The Bertz CT molecular complexity index is 1830. The molecule has 256 valence electrons. The Balaban J connectivity index is 1.61. The van der Waals surface area contributed by atoms with E-state index >= 15 is 0 Å². The van der Waals surface area contributed by atoms with Gasteiger partial charge in [-0.15, -0.1) is 15.3 Å². The number of nitrogens with one attached hydrogen (secondary N) is 2. The molecule has 3 heterocycles. The molecule has 13 nitrogen and oxygen atoms in total. The molecule has 0 aliphatic heterocycles. The lowest BCUT2D eigenvalue weighted by Gasteiger charge is -2.26. The second-order valence-electron chi connectivity index (χ2n) is 11.4. The number of azo groups is 1. The quantitative estimate of drug-likeness (QED) is 0.0646. The van der Waals surface area contributed by atoms with Gasteiger partial charge in [-0.1, -0.05) is 60.9 Å². The zero-order chi connectivity index (χ0) is 34.4. The Morgan fingerprint density at radius 2 is 1.67 bits per heavy atom. The zero-order valence-corrected chi connectivity index (χ0v) is 29.3. The minimum Gasteiger partial charge on any atom is -0.385 e. The second kappa shape index (κ2) is 18.0. The molecule has 0 radical (unpaired) electrons. The van der Waals surface area contributed by atoms with Gasteiger partial charge in [0.1, 0.15) is 11.6 Å². The molecule has 2 N–H and O–H groups in total. The molecular weight excluding hydrogens is 639 g/mol. The van der Waals surface area contributed by atoms with Crippen LogP contribution in [0.5, 0.6) is 0 Å². The van der Waals surface area contributed by atoms with Crippen LogP contribution in [0, 0.1) is 18.3 Å². The van der Waals surface area contributed by atoms with Crippen molar-refractivity contribution in [1.82, 2.24) is 24.7 Å². The highest BCUT2D eigenvalue weighted by Crippen LogP contribution is 2.40. The van der Waals surface area contributed by atoms with E-state index in [0.29, 0.717) is 61.3 Å². The topological polar surface area (TPSA) is 151 Å². The molecule has 0 bridgehead atoms. The average molecular weight is 682 g/mol. The lowest BCUT2D eigenvalue weighted by Crippen LogP contribution is -2.22. The molecule has 0 atom stereocenters. The Morgan fingerprint density at radius 3 is 2.39 bits per heavy atom. The number of hydrogen-bond donors (Lipinski definition) is 2. The summed E-state index contributed by atoms with van der Waals surface area (Å²) in [7, 11) is 3.37. The number of aromatic nitrogens is 5. The van der Waals surface area contributed by atoms with Crippen molar-refractivity contribution < 1.29 is 9.47 Å². The number of nitrogens with zero attached hydrogens (tertiary/aromatic N) is 9. The summed E-state index contributed by atoms with van der Waals surface area (Å²) in [4.78, 5) is 16.7. The minimum atomic E-state index is 0.174. The minimum absolute atomic E-state index is 0.174. The van der Waals surface area contributed by atoms with Crippen LogP contribution in [0.25, 0.3) is 15.3 Å². The molecule has 2 aromatic carbocycles. The summed E-state index contributed by atoms with van der Waals surface area (Å²) in [6.07, 6.45) is 6.26. The lowest BCUT2D eigenvalue weighted by atomic mass is 10.2. The maximum atomic E-state index is 10.0. The number of anilines is 4. The Labute approximate surface area is 291 Å². The van der Waals surface area contributed by atoms with Gasteiger partial charge in [0.15, 0.2) is 17.3 Å². The van der Waals surface area contributed by atoms with Crippen molar-refractivity contribution in [3.05, 3.63) is 65.9 Å². The molecule has 0 amide bonds. The monoisotopic (exact) mass is 681 g/mol. The maximum Gasteiger partial charge on any atom is 0.226 e. The van der Waals surface area contributed by atoms with Gasteiger partial charge in [0.2, 0.25) is 16.9 Å². The largest absolute Gasteiger partial charge is 0.385 e. The molecule has 0 saturated carbocycles. The molecule has 5 rings (SSSR count). The number of methoxy groups -OCH3 is 2. The van der Waals surface area contributed by atoms with Crippen molar-refractivity contribution >= 4 is 56.3 Å². The molecule has 0 aliphatic carbocycles. The number of hydrogen-bond acceptors (Lipinski definition) is 13. The molecule has 0 aliphatic rings. The first kappa shape index (κ1) is 35.3. The van der Waals surface area contributed by atoms with Gasteiger partial charge >= 0.3 is 0 Å². The molecule has 0 spiro atoms. The number of benzene rings is 2. The molecular formula is C35H43N11O2S. The number of thiazole rings is 1. The van der Waals surface area contributed by atoms with E-state index in [0.717, 1.165) is 53.6 Å². The summed E-state index contributed by atoms with van der Waals surface area (Å²) in [6, 6.07) is 18.4. The Morgan fingerprint density at radius 1 is 0.918 bits per heavy atom. The summed E-state index contributed by atoms with van der Waals surface area (Å²) < 4.78 is 13.1. The Hall–Kier alpha value is -4.97. The summed E-state index contributed by atoms with van der Waals surface area (Å²) in [5.74, 6) is 1.74. The van der Waals surface area contributed by atoms with Crippen LogP contribution in [-0.4, -0.2) is 71.8 Å². The zero-order valence-electron chi connectivity index (χ0n) is 28.5. The van der Waals surface area contributed by atoms with Gasteiger partial charge in [-0.05, 0) is 50.5 Å². The van der Waals surface area contributed by atoms with Gasteiger partial charge in [0.05, 0.1) is 16.4 Å². The summed E-state index contributed by atoms with van der Waals surface area (Å²) in [5, 5.41) is 31.4. The third-order valence-electron chi connectivity index (χ3n) is 7.62. The van der Waals surface area contributed by atoms with E-state index in [1.807, 2.05) is 24.3 Å². The van der Waals surface area contributed by atoms with Crippen LogP contribution in [0.15, 0.2) is 65.0 Å². The van der Waals surface area contributed by atoms with Crippen LogP contribution in [0.3, 0.4) is 0 Å². The van der Waals surface area contributed by atoms with Crippen LogP contribution < -0.4 is 15.5 Å². The van der Waals surface area contributed by atoms with E-state index in [2.05, 4.69) is 74.9 Å². The molecule has 0 saturated heterocycles. The molecule has 5 aromatic rings. The van der Waals surface area contributed by atoms with Crippen LogP contribution in [0.4, 0.5) is 34.8 Å². The van der Waals surface area contributed by atoms with Crippen LogP contribution in [0.1, 0.15) is 50.2 Å². The number of ether oxygens (including phenoxy) is 2. The summed E-state index contributed by atoms with van der Waals surface area (Å²) in [6.45, 7) is 7.39. The first-order valence-corrected chi connectivity index (χ1v) is 17.4. The molecule has 0 unspecified atom stereocenters. The summed E-state index contributed by atoms with van der Waals surface area (Å²) >= 11 is 1.48. The number of para-hydroxylation sites is 1. The van der Waals surface area contributed by atoms with Gasteiger partial charge in [0.25, 0.3) is 0 Å². The van der Waals surface area contributed by atoms with Crippen molar-refractivity contribution in [3.63, 3.8) is 0 Å². The smallest absolute Gasteiger partial charge is 0.226 e. The lowest BCUT2D eigenvalue weighted by molar-refractivity contribution is 0.197. The fourth-order valence-corrected chi connectivity index (χ4v) is 5.93. The van der Waals surface area contributed by atoms with Crippen molar-refractivity contribution in [1.29, 1.82) is 5.26 Å². The molecule has 3 aromatic heterocycles. The van der Waals surface area contributed by atoms with Gasteiger partial charge in [-0.2, -0.15) is 15.2 Å². The highest BCUT2D eigenvalue weighted by molar-refractivity contribution is 7.20. The fraction of sp³-hybridized carbons (Fsp3) is 0.400. The SMILES string of the molecule is CCCCCN(c1ccc(C)cc1)c1nc(NCCCOC)nc(NCCCOC)c1N=Nc1nn(-c2nc3ccccc3s2)cc1C#N. The number of aryl methyl sites for hydroxylation is 1. The van der Waals surface area contributed by atoms with Crippen LogP contribution >= 0.6 is 11.3 Å². The van der Waals surface area contributed by atoms with E-state index < -0.39 is 0 Å². The fourth-order valence-electron chi connectivity index (χ4n) is 5.04. The van der Waals surface area contributed by atoms with Crippen molar-refractivity contribution in [2.45, 2.75) is 46.0 Å². The molecule has 0 fully saturated rings. The van der Waals surface area contributed by atoms with Crippen molar-refractivity contribution in [2.75, 3.05) is 62.6 Å². The Kier molecular flexibility index (Phi) is 13.0. The molecule has 14 heteroatoms. The standard InChI is InChI=1S/C35H43N11O2S/c1-5-6-9-20-45(27-16-14-25(2)15-17-27)33-30(32(37-18-10-21-47-3)40-34(41-33)38-19-11-22-48-4)42-43-31-26(23-36)24-46(44-31)35-39-28-12-7-8-13-29(28)49-35/h7-8,12-17,24H,5-6,9-11,18-22H2,1-4H3,(H2,37,38,40,41). The average Bonchev–Trinajstić information content (AvgIpc) is 3.75. The first-order valence-electron chi connectivity index (χ1n) is 16.5. The van der Waals surface area contributed by atoms with E-state index in [4.69, 9.17) is 24.6 Å². The van der Waals surface area contributed by atoms with Crippen molar-refractivity contribution in [2.24, 2.45) is 10.2 Å². The third kappa shape index (κ3) is 9.35. The highest BCUT2D eigenvalue weighted by atomic mass is 32.1. The number of nitriles is 1.